The largest absolute Gasteiger partial charge is 0.394 e. The topological polar surface area (TPSA) is 104 Å². The van der Waals surface area contributed by atoms with E-state index in [1.807, 2.05) is 60.8 Å². The lowest BCUT2D eigenvalue weighted by Crippen LogP contribution is -2.39. The molecule has 1 amide bonds. The number of aromatic nitrogens is 3. The molecule has 2 aromatic heterocycles. The molecule has 1 atom stereocenters. The lowest BCUT2D eigenvalue weighted by molar-refractivity contribution is 0.0872. The van der Waals surface area contributed by atoms with Crippen molar-refractivity contribution in [1.29, 1.82) is 0 Å². The van der Waals surface area contributed by atoms with Crippen molar-refractivity contribution in [1.82, 2.24) is 20.4 Å². The molecule has 0 bridgehead atoms. The smallest absolute Gasteiger partial charge is 0.316 e. The fourth-order valence-corrected chi connectivity index (χ4v) is 2.93. The second-order valence-electron chi connectivity index (χ2n) is 6.25. The maximum Gasteiger partial charge on any atom is 0.316 e. The number of carbonyl (C=O) groups excluding carboxylic acids is 1. The molecule has 2 heterocycles. The average Bonchev–Trinajstić information content (AvgIpc) is 3.37. The van der Waals surface area contributed by atoms with Crippen molar-refractivity contribution in [3.63, 3.8) is 0 Å². The Labute approximate surface area is 155 Å². The van der Waals surface area contributed by atoms with Crippen LogP contribution in [0.15, 0.2) is 65.3 Å². The zero-order chi connectivity index (χ0) is 18.6. The maximum absolute atomic E-state index is 12.4. The summed E-state index contributed by atoms with van der Waals surface area (Å²) in [6.45, 7) is -0.189. The standard InChI is InChI=1S/C20H18N4O3/c25-12-16(10-13-4-2-1-3-5-13)22-19(26)20-23-18(24-27-20)15-7-6-14-8-9-21-17(14)11-15/h1-9,11,16,21,25H,10,12H2,(H,22,26)/t16-/m0/s1. The van der Waals surface area contributed by atoms with Crippen LogP contribution in [-0.4, -0.2) is 38.8 Å². The predicted molar refractivity (Wildman–Crippen MR) is 100 cm³/mol. The number of rotatable bonds is 6. The SMILES string of the molecule is O=C(N[C@H](CO)Cc1ccccc1)c1nc(-c2ccc3cc[nH]c3c2)no1. The van der Waals surface area contributed by atoms with Crippen LogP contribution in [-0.2, 0) is 6.42 Å². The van der Waals surface area contributed by atoms with E-state index in [-0.39, 0.29) is 12.5 Å². The third kappa shape index (κ3) is 3.73. The Morgan fingerprint density at radius 1 is 1.19 bits per heavy atom. The van der Waals surface area contributed by atoms with Crippen molar-refractivity contribution in [2.45, 2.75) is 12.5 Å². The number of fused-ring (bicyclic) bond motifs is 1. The molecule has 0 radical (unpaired) electrons. The highest BCUT2D eigenvalue weighted by molar-refractivity contribution is 5.90. The first-order valence-electron chi connectivity index (χ1n) is 8.60. The molecule has 7 heteroatoms. The molecule has 0 unspecified atom stereocenters. The minimum Gasteiger partial charge on any atom is -0.394 e. The quantitative estimate of drug-likeness (QED) is 0.489. The number of nitrogens with zero attached hydrogens (tertiary/aromatic N) is 2. The number of aromatic amines is 1. The summed E-state index contributed by atoms with van der Waals surface area (Å²) in [4.78, 5) is 19.7. The van der Waals surface area contributed by atoms with Gasteiger partial charge in [-0.15, -0.1) is 0 Å². The summed E-state index contributed by atoms with van der Waals surface area (Å²) in [7, 11) is 0. The molecule has 2 aromatic carbocycles. The van der Waals surface area contributed by atoms with Gasteiger partial charge in [0.1, 0.15) is 0 Å². The second kappa shape index (κ2) is 7.43. The minimum atomic E-state index is -0.510. The van der Waals surface area contributed by atoms with Gasteiger partial charge >= 0.3 is 11.8 Å². The van der Waals surface area contributed by atoms with Crippen molar-refractivity contribution in [3.8, 4) is 11.4 Å². The van der Waals surface area contributed by atoms with Gasteiger partial charge in [-0.05, 0) is 29.5 Å². The highest BCUT2D eigenvalue weighted by Gasteiger charge is 2.20. The summed E-state index contributed by atoms with van der Waals surface area (Å²) in [6.07, 6.45) is 2.36. The van der Waals surface area contributed by atoms with E-state index >= 15 is 0 Å². The van der Waals surface area contributed by atoms with Crippen LogP contribution in [0.2, 0.25) is 0 Å². The molecule has 0 fully saturated rings. The molecular formula is C20H18N4O3. The third-order valence-electron chi connectivity index (χ3n) is 4.31. The second-order valence-corrected chi connectivity index (χ2v) is 6.25. The summed E-state index contributed by atoms with van der Waals surface area (Å²) in [5.41, 5.74) is 2.71. The van der Waals surface area contributed by atoms with E-state index in [2.05, 4.69) is 20.4 Å². The van der Waals surface area contributed by atoms with E-state index in [4.69, 9.17) is 4.52 Å². The van der Waals surface area contributed by atoms with Gasteiger partial charge in [0.25, 0.3) is 0 Å². The van der Waals surface area contributed by atoms with Gasteiger partial charge in [-0.1, -0.05) is 47.6 Å². The molecule has 4 rings (SSSR count). The fourth-order valence-electron chi connectivity index (χ4n) is 2.93. The Kier molecular flexibility index (Phi) is 4.67. The lowest BCUT2D eigenvalue weighted by Gasteiger charge is -2.14. The van der Waals surface area contributed by atoms with E-state index in [1.165, 1.54) is 0 Å². The van der Waals surface area contributed by atoms with Gasteiger partial charge < -0.3 is 19.9 Å². The van der Waals surface area contributed by atoms with E-state index in [0.717, 1.165) is 22.0 Å². The molecular weight excluding hydrogens is 344 g/mol. The highest BCUT2D eigenvalue weighted by Crippen LogP contribution is 2.21. The van der Waals surface area contributed by atoms with E-state index in [0.29, 0.717) is 12.2 Å². The number of benzene rings is 2. The molecule has 0 aliphatic heterocycles. The molecule has 3 N–H and O–H groups in total. The summed E-state index contributed by atoms with van der Waals surface area (Å²) < 4.78 is 5.11. The van der Waals surface area contributed by atoms with Crippen molar-refractivity contribution < 1.29 is 14.4 Å². The number of carbonyl (C=O) groups is 1. The van der Waals surface area contributed by atoms with Crippen LogP contribution in [0, 0.1) is 0 Å². The number of hydrogen-bond acceptors (Lipinski definition) is 5. The monoisotopic (exact) mass is 362 g/mol. The van der Waals surface area contributed by atoms with Gasteiger partial charge in [-0.2, -0.15) is 4.98 Å². The molecule has 0 aliphatic carbocycles. The van der Waals surface area contributed by atoms with Gasteiger partial charge in [-0.25, -0.2) is 0 Å². The Morgan fingerprint density at radius 3 is 2.85 bits per heavy atom. The van der Waals surface area contributed by atoms with Gasteiger partial charge in [0, 0.05) is 17.3 Å². The number of hydrogen-bond donors (Lipinski definition) is 3. The molecule has 0 saturated heterocycles. The van der Waals surface area contributed by atoms with Crippen LogP contribution < -0.4 is 5.32 Å². The summed E-state index contributed by atoms with van der Waals surface area (Å²) in [5.74, 6) is -0.312. The van der Waals surface area contributed by atoms with Crippen LogP contribution in [0.1, 0.15) is 16.2 Å². The van der Waals surface area contributed by atoms with Crippen LogP contribution >= 0.6 is 0 Å². The Bertz CT molecular complexity index is 1060. The van der Waals surface area contributed by atoms with E-state index in [9.17, 15) is 9.90 Å². The Hall–Kier alpha value is -3.45. The number of aliphatic hydroxyl groups is 1. The van der Waals surface area contributed by atoms with Gasteiger partial charge in [-0.3, -0.25) is 4.79 Å². The Balaban J connectivity index is 1.47. The molecule has 0 saturated carbocycles. The summed E-state index contributed by atoms with van der Waals surface area (Å²) >= 11 is 0. The predicted octanol–water partition coefficient (Wildman–Crippen LogP) is 2.55. The molecule has 0 spiro atoms. The maximum atomic E-state index is 12.4. The normalized spacial score (nSPS) is 12.2. The highest BCUT2D eigenvalue weighted by atomic mass is 16.5. The minimum absolute atomic E-state index is 0.136. The molecule has 27 heavy (non-hydrogen) atoms. The summed E-state index contributed by atoms with van der Waals surface area (Å²) in [5, 5.41) is 17.3. The molecule has 136 valence electrons. The van der Waals surface area contributed by atoms with Crippen molar-refractivity contribution in [2.24, 2.45) is 0 Å². The number of amides is 1. The van der Waals surface area contributed by atoms with Crippen molar-refractivity contribution in [3.05, 3.63) is 72.2 Å². The van der Waals surface area contributed by atoms with Gasteiger partial charge in [0.15, 0.2) is 0 Å². The first-order chi connectivity index (χ1) is 13.2. The number of aliphatic hydroxyl groups excluding tert-OH is 1. The van der Waals surface area contributed by atoms with Crippen LogP contribution in [0.5, 0.6) is 0 Å². The first kappa shape index (κ1) is 17.0. The van der Waals surface area contributed by atoms with Crippen molar-refractivity contribution in [2.75, 3.05) is 6.61 Å². The number of nitrogens with one attached hydrogen (secondary N) is 2. The molecule has 4 aromatic rings. The van der Waals surface area contributed by atoms with Crippen LogP contribution in [0.4, 0.5) is 0 Å². The van der Waals surface area contributed by atoms with Gasteiger partial charge in [0.2, 0.25) is 5.82 Å². The van der Waals surface area contributed by atoms with E-state index < -0.39 is 11.9 Å². The average molecular weight is 362 g/mol. The summed E-state index contributed by atoms with van der Waals surface area (Å²) in [6, 6.07) is 16.9. The molecule has 0 aliphatic rings. The zero-order valence-corrected chi connectivity index (χ0v) is 14.4. The van der Waals surface area contributed by atoms with Crippen molar-refractivity contribution >= 4 is 16.8 Å². The Morgan fingerprint density at radius 2 is 2.04 bits per heavy atom. The van der Waals surface area contributed by atoms with Crippen LogP contribution in [0.3, 0.4) is 0 Å². The van der Waals surface area contributed by atoms with Crippen LogP contribution in [0.25, 0.3) is 22.3 Å². The third-order valence-corrected chi connectivity index (χ3v) is 4.31. The van der Waals surface area contributed by atoms with E-state index in [1.54, 1.807) is 0 Å². The molecule has 7 nitrogen and oxygen atoms in total. The number of H-pyrrole nitrogens is 1. The fraction of sp³-hybridized carbons (Fsp3) is 0.150. The van der Waals surface area contributed by atoms with Gasteiger partial charge in [0.05, 0.1) is 12.6 Å². The zero-order valence-electron chi connectivity index (χ0n) is 14.4. The lowest BCUT2D eigenvalue weighted by atomic mass is 10.1. The first-order valence-corrected chi connectivity index (χ1v) is 8.60.